The number of unbranched alkanes of at least 4 members (excludes halogenated alkanes) is 2. The SMILES string of the molecule is N#Cc1ccc(-c2cnc(CCCCCN)[nH]2)cc1. The number of H-pyrrole nitrogens is 1. The molecule has 0 aliphatic rings. The van der Waals surface area contributed by atoms with Crippen LogP contribution in [0.2, 0.25) is 0 Å². The Morgan fingerprint density at radius 2 is 1.95 bits per heavy atom. The number of nitrogens with zero attached hydrogens (tertiary/aromatic N) is 2. The Balaban J connectivity index is 1.98. The lowest BCUT2D eigenvalue weighted by Crippen LogP contribution is -1.98. The summed E-state index contributed by atoms with van der Waals surface area (Å²) in [4.78, 5) is 7.70. The molecule has 4 nitrogen and oxygen atoms in total. The molecule has 0 aliphatic carbocycles. The van der Waals surface area contributed by atoms with Crippen LogP contribution in [-0.2, 0) is 6.42 Å². The van der Waals surface area contributed by atoms with Crippen LogP contribution in [0.3, 0.4) is 0 Å². The summed E-state index contributed by atoms with van der Waals surface area (Å²) in [6, 6.07) is 9.62. The summed E-state index contributed by atoms with van der Waals surface area (Å²) in [6.45, 7) is 0.759. The van der Waals surface area contributed by atoms with Gasteiger partial charge in [0.25, 0.3) is 0 Å². The number of nitriles is 1. The fourth-order valence-electron chi connectivity index (χ4n) is 1.97. The molecule has 0 saturated heterocycles. The number of imidazole rings is 1. The molecule has 0 saturated carbocycles. The summed E-state index contributed by atoms with van der Waals surface area (Å²) < 4.78 is 0. The van der Waals surface area contributed by atoms with E-state index in [1.165, 1.54) is 0 Å². The summed E-state index contributed by atoms with van der Waals surface area (Å²) in [7, 11) is 0. The quantitative estimate of drug-likeness (QED) is 0.778. The highest BCUT2D eigenvalue weighted by Crippen LogP contribution is 2.18. The van der Waals surface area contributed by atoms with Gasteiger partial charge in [0.05, 0.1) is 23.5 Å². The van der Waals surface area contributed by atoms with Crippen molar-refractivity contribution in [3.8, 4) is 17.3 Å². The fraction of sp³-hybridized carbons (Fsp3) is 0.333. The third-order valence-corrected chi connectivity index (χ3v) is 3.07. The van der Waals surface area contributed by atoms with Gasteiger partial charge in [-0.25, -0.2) is 4.98 Å². The monoisotopic (exact) mass is 254 g/mol. The number of nitrogens with two attached hydrogens (primary N) is 1. The molecule has 0 radical (unpaired) electrons. The molecule has 0 unspecified atom stereocenters. The van der Waals surface area contributed by atoms with Gasteiger partial charge < -0.3 is 10.7 Å². The van der Waals surface area contributed by atoms with E-state index in [0.717, 1.165) is 49.3 Å². The second kappa shape index (κ2) is 6.72. The molecule has 0 bridgehead atoms. The number of hydrogen-bond donors (Lipinski definition) is 2. The Morgan fingerprint density at radius 3 is 2.63 bits per heavy atom. The summed E-state index contributed by atoms with van der Waals surface area (Å²) in [5.41, 5.74) is 8.19. The minimum Gasteiger partial charge on any atom is -0.342 e. The lowest BCUT2D eigenvalue weighted by atomic mass is 10.1. The Bertz CT molecular complexity index is 548. The van der Waals surface area contributed by atoms with Crippen molar-refractivity contribution in [3.63, 3.8) is 0 Å². The predicted octanol–water partition coefficient (Wildman–Crippen LogP) is 2.62. The number of hydrogen-bond acceptors (Lipinski definition) is 3. The van der Waals surface area contributed by atoms with Crippen LogP contribution in [0.1, 0.15) is 30.7 Å². The lowest BCUT2D eigenvalue weighted by molar-refractivity contribution is 0.673. The predicted molar refractivity (Wildman–Crippen MR) is 75.3 cm³/mol. The topological polar surface area (TPSA) is 78.5 Å². The van der Waals surface area contributed by atoms with Crippen LogP contribution in [0.4, 0.5) is 0 Å². The first-order chi connectivity index (χ1) is 9.33. The van der Waals surface area contributed by atoms with Crippen molar-refractivity contribution in [1.29, 1.82) is 5.26 Å². The molecule has 0 aliphatic heterocycles. The van der Waals surface area contributed by atoms with Gasteiger partial charge >= 0.3 is 0 Å². The number of benzene rings is 1. The lowest BCUT2D eigenvalue weighted by Gasteiger charge is -1.98. The summed E-state index contributed by atoms with van der Waals surface area (Å²) in [5, 5.41) is 8.76. The molecule has 98 valence electrons. The van der Waals surface area contributed by atoms with Crippen molar-refractivity contribution < 1.29 is 0 Å². The molecule has 0 spiro atoms. The van der Waals surface area contributed by atoms with E-state index in [4.69, 9.17) is 11.0 Å². The van der Waals surface area contributed by atoms with Gasteiger partial charge in [-0.15, -0.1) is 0 Å². The van der Waals surface area contributed by atoms with Crippen LogP contribution in [0, 0.1) is 11.3 Å². The molecular formula is C15H18N4. The third-order valence-electron chi connectivity index (χ3n) is 3.07. The van der Waals surface area contributed by atoms with Gasteiger partial charge in [-0.1, -0.05) is 18.6 Å². The minimum atomic E-state index is 0.672. The first kappa shape index (κ1) is 13.3. The summed E-state index contributed by atoms with van der Waals surface area (Å²) in [6.07, 6.45) is 6.13. The van der Waals surface area contributed by atoms with Crippen molar-refractivity contribution in [1.82, 2.24) is 9.97 Å². The van der Waals surface area contributed by atoms with E-state index in [2.05, 4.69) is 16.0 Å². The maximum Gasteiger partial charge on any atom is 0.106 e. The number of rotatable bonds is 6. The normalized spacial score (nSPS) is 10.3. The highest BCUT2D eigenvalue weighted by molar-refractivity contribution is 5.59. The molecule has 3 N–H and O–H groups in total. The van der Waals surface area contributed by atoms with Crippen molar-refractivity contribution in [2.75, 3.05) is 6.54 Å². The van der Waals surface area contributed by atoms with Crippen molar-refractivity contribution in [2.45, 2.75) is 25.7 Å². The highest BCUT2D eigenvalue weighted by Gasteiger charge is 2.03. The second-order valence-corrected chi connectivity index (χ2v) is 4.53. The minimum absolute atomic E-state index is 0.672. The number of aryl methyl sites for hydroxylation is 1. The first-order valence-corrected chi connectivity index (χ1v) is 6.58. The van der Waals surface area contributed by atoms with Gasteiger partial charge in [0.1, 0.15) is 5.82 Å². The van der Waals surface area contributed by atoms with Gasteiger partial charge in [0, 0.05) is 6.42 Å². The standard InChI is InChI=1S/C15H18N4/c16-9-3-1-2-4-15-18-11-14(19-15)13-7-5-12(10-17)6-8-13/h5-8,11H,1-4,9,16H2,(H,18,19). The van der Waals surface area contributed by atoms with Crippen molar-refractivity contribution in [2.24, 2.45) is 5.73 Å². The van der Waals surface area contributed by atoms with E-state index in [-0.39, 0.29) is 0 Å². The molecular weight excluding hydrogens is 236 g/mol. The summed E-state index contributed by atoms with van der Waals surface area (Å²) in [5.74, 6) is 1.01. The molecule has 1 heterocycles. The van der Waals surface area contributed by atoms with Crippen LogP contribution >= 0.6 is 0 Å². The van der Waals surface area contributed by atoms with Crippen LogP contribution in [0.25, 0.3) is 11.3 Å². The molecule has 2 rings (SSSR count). The molecule has 0 fully saturated rings. The Hall–Kier alpha value is -2.12. The van der Waals surface area contributed by atoms with Gasteiger partial charge in [-0.3, -0.25) is 0 Å². The van der Waals surface area contributed by atoms with E-state index in [9.17, 15) is 0 Å². The zero-order chi connectivity index (χ0) is 13.5. The molecule has 4 heteroatoms. The van der Waals surface area contributed by atoms with Crippen LogP contribution < -0.4 is 5.73 Å². The number of aromatic amines is 1. The number of nitrogens with one attached hydrogen (secondary N) is 1. The average Bonchev–Trinajstić information content (AvgIpc) is 2.92. The number of aromatic nitrogens is 2. The van der Waals surface area contributed by atoms with Gasteiger partial charge in [-0.2, -0.15) is 5.26 Å². The molecule has 19 heavy (non-hydrogen) atoms. The maximum atomic E-state index is 8.76. The second-order valence-electron chi connectivity index (χ2n) is 4.53. The Morgan fingerprint density at radius 1 is 1.16 bits per heavy atom. The van der Waals surface area contributed by atoms with Crippen LogP contribution in [0.15, 0.2) is 30.5 Å². The Kier molecular flexibility index (Phi) is 4.71. The largest absolute Gasteiger partial charge is 0.342 e. The van der Waals surface area contributed by atoms with E-state index >= 15 is 0 Å². The summed E-state index contributed by atoms with van der Waals surface area (Å²) >= 11 is 0. The highest BCUT2D eigenvalue weighted by atomic mass is 14.9. The first-order valence-electron chi connectivity index (χ1n) is 6.58. The molecule has 0 amide bonds. The molecule has 1 aromatic carbocycles. The van der Waals surface area contributed by atoms with Crippen LogP contribution in [-0.4, -0.2) is 16.5 Å². The van der Waals surface area contributed by atoms with E-state index in [1.807, 2.05) is 30.5 Å². The fourth-order valence-corrected chi connectivity index (χ4v) is 1.97. The molecule has 1 aromatic heterocycles. The van der Waals surface area contributed by atoms with Gasteiger partial charge in [-0.05, 0) is 37.1 Å². The van der Waals surface area contributed by atoms with E-state index < -0.39 is 0 Å². The molecule has 0 atom stereocenters. The third kappa shape index (κ3) is 3.67. The van der Waals surface area contributed by atoms with Crippen LogP contribution in [0.5, 0.6) is 0 Å². The van der Waals surface area contributed by atoms with Gasteiger partial charge in [0.15, 0.2) is 0 Å². The van der Waals surface area contributed by atoms with Gasteiger partial charge in [0.2, 0.25) is 0 Å². The zero-order valence-electron chi connectivity index (χ0n) is 10.9. The van der Waals surface area contributed by atoms with Crippen molar-refractivity contribution in [3.05, 3.63) is 41.9 Å². The van der Waals surface area contributed by atoms with Crippen molar-refractivity contribution >= 4 is 0 Å². The zero-order valence-corrected chi connectivity index (χ0v) is 10.9. The maximum absolute atomic E-state index is 8.76. The van der Waals surface area contributed by atoms with E-state index in [0.29, 0.717) is 5.56 Å². The Labute approximate surface area is 113 Å². The van der Waals surface area contributed by atoms with E-state index in [1.54, 1.807) is 0 Å². The molecule has 2 aromatic rings. The average molecular weight is 254 g/mol. The smallest absolute Gasteiger partial charge is 0.106 e.